The van der Waals surface area contributed by atoms with Crippen LogP contribution in [0.25, 0.3) is 0 Å². The van der Waals surface area contributed by atoms with Crippen LogP contribution >= 0.6 is 0 Å². The lowest BCUT2D eigenvalue weighted by Crippen LogP contribution is -1.99. The second-order valence-corrected chi connectivity index (χ2v) is 4.24. The van der Waals surface area contributed by atoms with Crippen LogP contribution in [0.3, 0.4) is 0 Å². The molecule has 2 rings (SSSR count). The second-order valence-electron chi connectivity index (χ2n) is 4.24. The van der Waals surface area contributed by atoms with Gasteiger partial charge in [0.15, 0.2) is 0 Å². The molecule has 1 N–H and O–H groups in total. The summed E-state index contributed by atoms with van der Waals surface area (Å²) in [7, 11) is 3.26. The first-order valence-electron chi connectivity index (χ1n) is 6.21. The molecule has 0 spiro atoms. The molecule has 3 nitrogen and oxygen atoms in total. The van der Waals surface area contributed by atoms with Gasteiger partial charge in [-0.25, -0.2) is 0 Å². The number of rotatable bonds is 4. The molecule has 0 aliphatic heterocycles. The van der Waals surface area contributed by atoms with E-state index in [9.17, 15) is 0 Å². The fraction of sp³-hybridized carbons (Fsp3) is 0.176. The van der Waals surface area contributed by atoms with Crippen LogP contribution < -0.4 is 9.47 Å². The van der Waals surface area contributed by atoms with Gasteiger partial charge < -0.3 is 14.6 Å². The van der Waals surface area contributed by atoms with Gasteiger partial charge >= 0.3 is 0 Å². The first-order chi connectivity index (χ1) is 9.78. The predicted molar refractivity (Wildman–Crippen MR) is 77.5 cm³/mol. The Bertz CT molecular complexity index is 556. The Kier molecular flexibility index (Phi) is 4.52. The van der Waals surface area contributed by atoms with Crippen LogP contribution in [0, 0.1) is 12.0 Å². The van der Waals surface area contributed by atoms with Crippen LogP contribution in [0.5, 0.6) is 11.5 Å². The SMILES string of the molecule is COc1ccc(C(C#CO)c2ccc(OC)cc2)cc1. The minimum atomic E-state index is -0.184. The van der Waals surface area contributed by atoms with Crippen molar-refractivity contribution in [3.8, 4) is 23.5 Å². The van der Waals surface area contributed by atoms with E-state index in [2.05, 4.69) is 5.92 Å². The van der Waals surface area contributed by atoms with Gasteiger partial charge in [-0.2, -0.15) is 0 Å². The Balaban J connectivity index is 2.35. The van der Waals surface area contributed by atoms with Crippen molar-refractivity contribution >= 4 is 0 Å². The van der Waals surface area contributed by atoms with Gasteiger partial charge in [-0.1, -0.05) is 24.3 Å². The van der Waals surface area contributed by atoms with Crippen LogP contribution in [-0.2, 0) is 0 Å². The third-order valence-corrected chi connectivity index (χ3v) is 3.11. The molecular weight excluding hydrogens is 252 g/mol. The topological polar surface area (TPSA) is 38.7 Å². The molecule has 20 heavy (non-hydrogen) atoms. The fourth-order valence-corrected chi connectivity index (χ4v) is 2.02. The van der Waals surface area contributed by atoms with Gasteiger partial charge in [-0.05, 0) is 41.3 Å². The number of aliphatic hydroxyl groups excluding tert-OH is 1. The van der Waals surface area contributed by atoms with E-state index in [4.69, 9.17) is 14.6 Å². The molecule has 0 amide bonds. The molecule has 0 aliphatic carbocycles. The summed E-state index contributed by atoms with van der Waals surface area (Å²) in [5.41, 5.74) is 2.00. The number of methoxy groups -OCH3 is 2. The zero-order valence-corrected chi connectivity index (χ0v) is 11.5. The van der Waals surface area contributed by atoms with E-state index in [0.29, 0.717) is 0 Å². The molecule has 0 radical (unpaired) electrons. The number of benzene rings is 2. The smallest absolute Gasteiger partial charge is 0.118 e. The Hall–Kier alpha value is -2.60. The van der Waals surface area contributed by atoms with E-state index in [1.807, 2.05) is 54.6 Å². The Morgan fingerprint density at radius 1 is 0.800 bits per heavy atom. The molecule has 0 saturated heterocycles. The molecule has 0 fully saturated rings. The van der Waals surface area contributed by atoms with Crippen molar-refractivity contribution in [3.63, 3.8) is 0 Å². The van der Waals surface area contributed by atoms with Gasteiger partial charge in [0.05, 0.1) is 20.1 Å². The summed E-state index contributed by atoms with van der Waals surface area (Å²) in [4.78, 5) is 0. The van der Waals surface area contributed by atoms with E-state index >= 15 is 0 Å². The molecule has 0 heterocycles. The Labute approximate surface area is 118 Å². The minimum Gasteiger partial charge on any atom is -0.497 e. The number of hydrogen-bond acceptors (Lipinski definition) is 3. The number of hydrogen-bond donors (Lipinski definition) is 1. The van der Waals surface area contributed by atoms with Crippen molar-refractivity contribution in [3.05, 3.63) is 59.7 Å². The molecule has 0 unspecified atom stereocenters. The van der Waals surface area contributed by atoms with Gasteiger partial charge in [-0.3, -0.25) is 0 Å². The normalized spacial score (nSPS) is 9.75. The molecular formula is C17H16O3. The van der Waals surface area contributed by atoms with Crippen LogP contribution in [0.1, 0.15) is 17.0 Å². The molecule has 0 saturated carbocycles. The fourth-order valence-electron chi connectivity index (χ4n) is 2.02. The Morgan fingerprint density at radius 3 is 1.50 bits per heavy atom. The standard InChI is InChI=1S/C17H16O3/c1-19-15-7-3-13(4-8-15)17(11-12-18)14-5-9-16(20-2)10-6-14/h3-10,17-18H,1-2H3. The lowest BCUT2D eigenvalue weighted by atomic mass is 9.92. The van der Waals surface area contributed by atoms with E-state index in [1.165, 1.54) is 0 Å². The molecule has 0 aliphatic rings. The Morgan fingerprint density at radius 2 is 1.20 bits per heavy atom. The summed E-state index contributed by atoms with van der Waals surface area (Å²) < 4.78 is 10.3. The number of ether oxygens (including phenoxy) is 2. The van der Waals surface area contributed by atoms with Crippen molar-refractivity contribution in [1.82, 2.24) is 0 Å². The average Bonchev–Trinajstić information content (AvgIpc) is 2.53. The summed E-state index contributed by atoms with van der Waals surface area (Å²) in [6.45, 7) is 0. The summed E-state index contributed by atoms with van der Waals surface area (Å²) in [5, 5.41) is 8.95. The summed E-state index contributed by atoms with van der Waals surface area (Å²) >= 11 is 0. The highest BCUT2D eigenvalue weighted by Crippen LogP contribution is 2.27. The van der Waals surface area contributed by atoms with E-state index in [1.54, 1.807) is 14.2 Å². The van der Waals surface area contributed by atoms with Gasteiger partial charge in [0.2, 0.25) is 0 Å². The summed E-state index contributed by atoms with van der Waals surface area (Å²) in [5.74, 6) is 4.21. The summed E-state index contributed by atoms with van der Waals surface area (Å²) in [6, 6.07) is 15.3. The van der Waals surface area contributed by atoms with E-state index in [0.717, 1.165) is 22.6 Å². The molecule has 2 aromatic rings. The van der Waals surface area contributed by atoms with Crippen molar-refractivity contribution in [2.45, 2.75) is 5.92 Å². The third-order valence-electron chi connectivity index (χ3n) is 3.11. The number of aliphatic hydroxyl groups is 1. The van der Waals surface area contributed by atoms with Crippen molar-refractivity contribution in [2.75, 3.05) is 14.2 Å². The molecule has 0 bridgehead atoms. The lowest BCUT2D eigenvalue weighted by molar-refractivity contribution is 0.414. The zero-order valence-electron chi connectivity index (χ0n) is 11.5. The van der Waals surface area contributed by atoms with Crippen molar-refractivity contribution in [2.24, 2.45) is 0 Å². The van der Waals surface area contributed by atoms with Crippen LogP contribution in [0.15, 0.2) is 48.5 Å². The maximum absolute atomic E-state index is 8.95. The predicted octanol–water partition coefficient (Wildman–Crippen LogP) is 3.17. The van der Waals surface area contributed by atoms with Gasteiger partial charge in [-0.15, -0.1) is 0 Å². The second kappa shape index (κ2) is 6.53. The van der Waals surface area contributed by atoms with Gasteiger partial charge in [0.25, 0.3) is 0 Å². The highest BCUT2D eigenvalue weighted by atomic mass is 16.5. The summed E-state index contributed by atoms with van der Waals surface area (Å²) in [6.07, 6.45) is 2.01. The molecule has 3 heteroatoms. The molecule has 102 valence electrons. The highest BCUT2D eigenvalue weighted by molar-refractivity contribution is 5.43. The highest BCUT2D eigenvalue weighted by Gasteiger charge is 2.12. The third kappa shape index (κ3) is 3.04. The monoisotopic (exact) mass is 268 g/mol. The maximum Gasteiger partial charge on any atom is 0.118 e. The lowest BCUT2D eigenvalue weighted by Gasteiger charge is -2.12. The molecule has 2 aromatic carbocycles. The van der Waals surface area contributed by atoms with Crippen LogP contribution in [-0.4, -0.2) is 19.3 Å². The first kappa shape index (κ1) is 13.8. The zero-order chi connectivity index (χ0) is 14.4. The quantitative estimate of drug-likeness (QED) is 0.866. The van der Waals surface area contributed by atoms with Gasteiger partial charge in [0, 0.05) is 0 Å². The largest absolute Gasteiger partial charge is 0.497 e. The molecule has 0 atom stereocenters. The maximum atomic E-state index is 8.95. The van der Waals surface area contributed by atoms with Crippen molar-refractivity contribution in [1.29, 1.82) is 0 Å². The first-order valence-corrected chi connectivity index (χ1v) is 6.21. The van der Waals surface area contributed by atoms with E-state index in [-0.39, 0.29) is 5.92 Å². The van der Waals surface area contributed by atoms with Crippen molar-refractivity contribution < 1.29 is 14.6 Å². The van der Waals surface area contributed by atoms with Crippen LogP contribution in [0.2, 0.25) is 0 Å². The van der Waals surface area contributed by atoms with E-state index < -0.39 is 0 Å². The van der Waals surface area contributed by atoms with Gasteiger partial charge in [0.1, 0.15) is 17.6 Å². The average molecular weight is 268 g/mol. The van der Waals surface area contributed by atoms with Crippen LogP contribution in [0.4, 0.5) is 0 Å². The molecule has 0 aromatic heterocycles. The minimum absolute atomic E-state index is 0.184.